The van der Waals surface area contributed by atoms with Gasteiger partial charge in [0.25, 0.3) is 0 Å². The van der Waals surface area contributed by atoms with Crippen LogP contribution in [0.4, 0.5) is 4.79 Å². The number of nitrogens with zero attached hydrogens (tertiary/aromatic N) is 1. The highest BCUT2D eigenvalue weighted by molar-refractivity contribution is 7.11. The van der Waals surface area contributed by atoms with E-state index in [1.54, 1.807) is 18.3 Å². The number of ether oxygens (including phenoxy) is 1. The molecule has 0 bridgehead atoms. The summed E-state index contributed by atoms with van der Waals surface area (Å²) in [6.07, 6.45) is 2.24. The predicted molar refractivity (Wildman–Crippen MR) is 55.6 cm³/mol. The molecule has 0 aliphatic heterocycles. The zero-order valence-electron chi connectivity index (χ0n) is 8.37. The SMILES string of the molecule is CCOC(=O)NCCc1ncc(C)s1. The molecule has 1 aromatic rings. The monoisotopic (exact) mass is 214 g/mol. The van der Waals surface area contributed by atoms with Gasteiger partial charge in [-0.15, -0.1) is 11.3 Å². The van der Waals surface area contributed by atoms with Gasteiger partial charge in [0.15, 0.2) is 0 Å². The van der Waals surface area contributed by atoms with Gasteiger partial charge in [-0.1, -0.05) is 0 Å². The van der Waals surface area contributed by atoms with Crippen LogP contribution in [0.5, 0.6) is 0 Å². The summed E-state index contributed by atoms with van der Waals surface area (Å²) in [6.45, 7) is 4.78. The average Bonchev–Trinajstić information content (AvgIpc) is 2.52. The number of carbonyl (C=O) groups is 1. The van der Waals surface area contributed by atoms with Gasteiger partial charge >= 0.3 is 6.09 Å². The number of thiazole rings is 1. The first-order chi connectivity index (χ1) is 6.72. The predicted octanol–water partition coefficient (Wildman–Crippen LogP) is 1.74. The maximum atomic E-state index is 10.9. The van der Waals surface area contributed by atoms with E-state index >= 15 is 0 Å². The van der Waals surface area contributed by atoms with Crippen molar-refractivity contribution in [2.75, 3.05) is 13.2 Å². The Bertz CT molecular complexity index is 299. The van der Waals surface area contributed by atoms with Gasteiger partial charge in [0, 0.05) is 24.0 Å². The molecule has 0 saturated heterocycles. The minimum Gasteiger partial charge on any atom is -0.450 e. The standard InChI is InChI=1S/C9H14N2O2S/c1-3-13-9(12)10-5-4-8-11-6-7(2)14-8/h6H,3-5H2,1-2H3,(H,10,12). The number of carbonyl (C=O) groups excluding carboxylic acids is 1. The van der Waals surface area contributed by atoms with Gasteiger partial charge in [-0.2, -0.15) is 0 Å². The largest absolute Gasteiger partial charge is 0.450 e. The van der Waals surface area contributed by atoms with Crippen molar-refractivity contribution in [3.8, 4) is 0 Å². The summed E-state index contributed by atoms with van der Waals surface area (Å²) in [4.78, 5) is 16.3. The topological polar surface area (TPSA) is 51.2 Å². The van der Waals surface area contributed by atoms with E-state index in [0.29, 0.717) is 13.2 Å². The number of hydrogen-bond acceptors (Lipinski definition) is 4. The lowest BCUT2D eigenvalue weighted by atomic mass is 10.4. The van der Waals surface area contributed by atoms with Crippen molar-refractivity contribution in [3.63, 3.8) is 0 Å². The van der Waals surface area contributed by atoms with Crippen LogP contribution in [0.1, 0.15) is 16.8 Å². The Morgan fingerprint density at radius 2 is 2.50 bits per heavy atom. The zero-order valence-corrected chi connectivity index (χ0v) is 9.19. The van der Waals surface area contributed by atoms with Gasteiger partial charge in [0.05, 0.1) is 11.6 Å². The van der Waals surface area contributed by atoms with E-state index in [9.17, 15) is 4.79 Å². The van der Waals surface area contributed by atoms with E-state index in [4.69, 9.17) is 4.74 Å². The summed E-state index contributed by atoms with van der Waals surface area (Å²) in [5.41, 5.74) is 0. The number of rotatable bonds is 4. The molecule has 1 rings (SSSR count). The first-order valence-electron chi connectivity index (χ1n) is 4.54. The minimum absolute atomic E-state index is 0.360. The second-order valence-corrected chi connectivity index (χ2v) is 4.08. The number of nitrogens with one attached hydrogen (secondary N) is 1. The molecule has 1 heterocycles. The van der Waals surface area contributed by atoms with Crippen LogP contribution in [0.2, 0.25) is 0 Å². The normalized spacial score (nSPS) is 9.86. The lowest BCUT2D eigenvalue weighted by Gasteiger charge is -2.02. The number of alkyl carbamates (subject to hydrolysis) is 1. The minimum atomic E-state index is -0.360. The molecule has 5 heteroatoms. The summed E-state index contributed by atoms with van der Waals surface area (Å²) in [6, 6.07) is 0. The summed E-state index contributed by atoms with van der Waals surface area (Å²) < 4.78 is 4.72. The summed E-state index contributed by atoms with van der Waals surface area (Å²) in [5, 5.41) is 3.69. The molecule has 0 unspecified atom stereocenters. The highest BCUT2D eigenvalue weighted by Gasteiger charge is 2.01. The Morgan fingerprint density at radius 3 is 3.07 bits per heavy atom. The molecule has 4 nitrogen and oxygen atoms in total. The summed E-state index contributed by atoms with van der Waals surface area (Å²) in [7, 11) is 0. The Labute approximate surface area is 87.3 Å². The van der Waals surface area contributed by atoms with Crippen molar-refractivity contribution in [2.24, 2.45) is 0 Å². The molecule has 0 radical (unpaired) electrons. The van der Waals surface area contributed by atoms with Crippen LogP contribution in [0.3, 0.4) is 0 Å². The van der Waals surface area contributed by atoms with Crippen molar-refractivity contribution in [1.82, 2.24) is 10.3 Å². The third-order valence-corrected chi connectivity index (χ3v) is 2.53. The second kappa shape index (κ2) is 5.59. The molecule has 1 amide bonds. The molecule has 0 saturated carbocycles. The van der Waals surface area contributed by atoms with E-state index in [1.165, 1.54) is 4.88 Å². The summed E-state index contributed by atoms with van der Waals surface area (Å²) in [5.74, 6) is 0. The van der Waals surface area contributed by atoms with Crippen molar-refractivity contribution < 1.29 is 9.53 Å². The number of hydrogen-bond donors (Lipinski definition) is 1. The van der Waals surface area contributed by atoms with Gasteiger partial charge in [-0.05, 0) is 13.8 Å². The van der Waals surface area contributed by atoms with Crippen LogP contribution in [0.15, 0.2) is 6.20 Å². The van der Waals surface area contributed by atoms with E-state index < -0.39 is 0 Å². The molecule has 0 aromatic carbocycles. The van der Waals surface area contributed by atoms with E-state index in [2.05, 4.69) is 10.3 Å². The van der Waals surface area contributed by atoms with E-state index in [-0.39, 0.29) is 6.09 Å². The molecule has 1 N–H and O–H groups in total. The fourth-order valence-electron chi connectivity index (χ4n) is 0.971. The Hall–Kier alpha value is -1.10. The average molecular weight is 214 g/mol. The number of amides is 1. The van der Waals surface area contributed by atoms with Gasteiger partial charge in [0.2, 0.25) is 0 Å². The van der Waals surface area contributed by atoms with Crippen molar-refractivity contribution in [3.05, 3.63) is 16.1 Å². The van der Waals surface area contributed by atoms with Gasteiger partial charge < -0.3 is 10.1 Å². The first kappa shape index (κ1) is 11.0. The zero-order chi connectivity index (χ0) is 10.4. The fourth-order valence-corrected chi connectivity index (χ4v) is 1.76. The van der Waals surface area contributed by atoms with Crippen molar-refractivity contribution in [2.45, 2.75) is 20.3 Å². The van der Waals surface area contributed by atoms with Crippen LogP contribution in [-0.4, -0.2) is 24.2 Å². The fraction of sp³-hybridized carbons (Fsp3) is 0.556. The van der Waals surface area contributed by atoms with Crippen molar-refractivity contribution in [1.29, 1.82) is 0 Å². The third kappa shape index (κ3) is 3.74. The molecular weight excluding hydrogens is 200 g/mol. The van der Waals surface area contributed by atoms with E-state index in [1.807, 2.05) is 13.1 Å². The Balaban J connectivity index is 2.18. The molecule has 0 aliphatic carbocycles. The maximum absolute atomic E-state index is 10.9. The third-order valence-electron chi connectivity index (χ3n) is 1.55. The number of aromatic nitrogens is 1. The maximum Gasteiger partial charge on any atom is 0.407 e. The van der Waals surface area contributed by atoms with Crippen LogP contribution in [-0.2, 0) is 11.2 Å². The quantitative estimate of drug-likeness (QED) is 0.830. The van der Waals surface area contributed by atoms with Crippen molar-refractivity contribution >= 4 is 17.4 Å². The highest BCUT2D eigenvalue weighted by Crippen LogP contribution is 2.10. The molecule has 0 spiro atoms. The lowest BCUT2D eigenvalue weighted by Crippen LogP contribution is -2.26. The molecular formula is C9H14N2O2S. The number of aryl methyl sites for hydroxylation is 1. The summed E-state index contributed by atoms with van der Waals surface area (Å²) >= 11 is 1.65. The molecule has 0 fully saturated rings. The lowest BCUT2D eigenvalue weighted by molar-refractivity contribution is 0.152. The molecule has 1 aromatic heterocycles. The van der Waals surface area contributed by atoms with Gasteiger partial charge in [-0.3, -0.25) is 0 Å². The van der Waals surface area contributed by atoms with Crippen LogP contribution >= 0.6 is 11.3 Å². The second-order valence-electron chi connectivity index (χ2n) is 2.76. The van der Waals surface area contributed by atoms with Crippen LogP contribution in [0.25, 0.3) is 0 Å². The van der Waals surface area contributed by atoms with Crippen LogP contribution < -0.4 is 5.32 Å². The molecule has 0 aliphatic rings. The molecule has 0 atom stereocenters. The first-order valence-corrected chi connectivity index (χ1v) is 5.36. The van der Waals surface area contributed by atoms with Gasteiger partial charge in [0.1, 0.15) is 0 Å². The Morgan fingerprint density at radius 1 is 1.71 bits per heavy atom. The highest BCUT2D eigenvalue weighted by atomic mass is 32.1. The van der Waals surface area contributed by atoms with Gasteiger partial charge in [-0.25, -0.2) is 9.78 Å². The Kier molecular flexibility index (Phi) is 4.39. The smallest absolute Gasteiger partial charge is 0.407 e. The van der Waals surface area contributed by atoms with Crippen LogP contribution in [0, 0.1) is 6.92 Å². The molecule has 14 heavy (non-hydrogen) atoms. The van der Waals surface area contributed by atoms with E-state index in [0.717, 1.165) is 11.4 Å². The molecule has 78 valence electrons.